The number of nitrogens with one attached hydrogen (secondary N) is 1. The van der Waals surface area contributed by atoms with E-state index in [2.05, 4.69) is 48.3 Å². The maximum Gasteiger partial charge on any atom is 0.257 e. The lowest BCUT2D eigenvalue weighted by molar-refractivity contribution is -0.697. The number of benzene rings is 1. The van der Waals surface area contributed by atoms with Crippen molar-refractivity contribution in [2.75, 3.05) is 26.9 Å². The quantitative estimate of drug-likeness (QED) is 0.0972. The van der Waals surface area contributed by atoms with Gasteiger partial charge >= 0.3 is 0 Å². The summed E-state index contributed by atoms with van der Waals surface area (Å²) in [6, 6.07) is 9.72. The van der Waals surface area contributed by atoms with Crippen molar-refractivity contribution in [3.63, 3.8) is 0 Å². The predicted molar refractivity (Wildman–Crippen MR) is 168 cm³/mol. The van der Waals surface area contributed by atoms with Crippen LogP contribution in [0.3, 0.4) is 0 Å². The van der Waals surface area contributed by atoms with Crippen LogP contribution in [0.1, 0.15) is 116 Å². The molecule has 41 heavy (non-hydrogen) atoms. The van der Waals surface area contributed by atoms with E-state index in [0.717, 1.165) is 31.6 Å². The van der Waals surface area contributed by atoms with Gasteiger partial charge in [0.2, 0.25) is 0 Å². The molecular formula is C35H57N2O4+. The highest BCUT2D eigenvalue weighted by molar-refractivity contribution is 5.77. The van der Waals surface area contributed by atoms with Crippen molar-refractivity contribution in [3.8, 4) is 17.2 Å². The molecule has 6 nitrogen and oxygen atoms in total. The van der Waals surface area contributed by atoms with Gasteiger partial charge in [0.25, 0.3) is 5.91 Å². The second kappa shape index (κ2) is 22.9. The molecule has 1 aromatic carbocycles. The van der Waals surface area contributed by atoms with E-state index >= 15 is 0 Å². The number of carbonyl (C=O) groups excluding carboxylic acids is 1. The lowest BCUT2D eigenvalue weighted by atomic mass is 10.0. The van der Waals surface area contributed by atoms with E-state index in [9.17, 15) is 4.79 Å². The summed E-state index contributed by atoms with van der Waals surface area (Å²) in [4.78, 5) is 12.3. The molecule has 0 fully saturated rings. The monoisotopic (exact) mass is 569 g/mol. The summed E-state index contributed by atoms with van der Waals surface area (Å²) in [6.45, 7) is 6.68. The molecule has 0 spiro atoms. The van der Waals surface area contributed by atoms with Gasteiger partial charge in [0, 0.05) is 31.2 Å². The first-order valence-corrected chi connectivity index (χ1v) is 16.3. The van der Waals surface area contributed by atoms with Gasteiger partial charge in [-0.1, -0.05) is 97.3 Å². The van der Waals surface area contributed by atoms with Crippen molar-refractivity contribution in [2.24, 2.45) is 0 Å². The van der Waals surface area contributed by atoms with Crippen LogP contribution in [-0.4, -0.2) is 32.8 Å². The third kappa shape index (κ3) is 16.3. The van der Waals surface area contributed by atoms with E-state index in [0.29, 0.717) is 24.7 Å². The van der Waals surface area contributed by atoms with Gasteiger partial charge in [0.15, 0.2) is 30.5 Å². The number of carbonyl (C=O) groups is 1. The number of rotatable bonds is 25. The Kier molecular flexibility index (Phi) is 19.2. The van der Waals surface area contributed by atoms with Crippen molar-refractivity contribution < 1.29 is 23.6 Å². The molecule has 0 aliphatic rings. The van der Waals surface area contributed by atoms with Crippen LogP contribution in [0.4, 0.5) is 0 Å². The number of aromatic nitrogens is 1. The molecule has 0 atom stereocenters. The zero-order valence-electron chi connectivity index (χ0n) is 26.3. The third-order valence-corrected chi connectivity index (χ3v) is 7.44. The molecule has 0 saturated carbocycles. The minimum Gasteiger partial charge on any atom is -0.493 e. The Morgan fingerprint density at radius 3 is 1.93 bits per heavy atom. The average molecular weight is 570 g/mol. The number of hydrogen-bond donors (Lipinski definition) is 1. The van der Waals surface area contributed by atoms with Gasteiger partial charge in [0.1, 0.15) is 12.3 Å². The predicted octanol–water partition coefficient (Wildman–Crippen LogP) is 7.99. The Morgan fingerprint density at radius 2 is 1.34 bits per heavy atom. The lowest BCUT2D eigenvalue weighted by Gasteiger charge is -2.13. The number of hydrogen-bond acceptors (Lipinski definition) is 4. The minimum atomic E-state index is -0.151. The fourth-order valence-electron chi connectivity index (χ4n) is 4.95. The summed E-state index contributed by atoms with van der Waals surface area (Å²) in [5, 5.41) is 2.93. The standard InChI is InChI=1S/C35H56N2O4/c1-4-6-7-8-9-10-11-12-13-14-15-16-17-18-28-40-32-19-20-33(34(29-32)39-3)41-30-35(38)36-24-21-31-22-26-37(25-5-2)27-23-31/h19-20,22-23,26-27,29H,4-18,21,24-25,28,30H2,1-3H3/p+1. The fraction of sp³-hybridized carbons (Fsp3) is 0.657. The van der Waals surface area contributed by atoms with E-state index in [-0.39, 0.29) is 12.5 Å². The van der Waals surface area contributed by atoms with Gasteiger partial charge < -0.3 is 19.5 Å². The van der Waals surface area contributed by atoms with Gasteiger partial charge in [0.05, 0.1) is 13.7 Å². The Bertz CT molecular complexity index is 932. The summed E-state index contributed by atoms with van der Waals surface area (Å²) in [5.41, 5.74) is 1.20. The molecule has 0 saturated heterocycles. The first-order chi connectivity index (χ1) is 20.2. The van der Waals surface area contributed by atoms with E-state index in [4.69, 9.17) is 14.2 Å². The number of aryl methyl sites for hydroxylation is 1. The highest BCUT2D eigenvalue weighted by Gasteiger charge is 2.10. The number of unbranched alkanes of at least 4 members (excludes halogenated alkanes) is 13. The topological polar surface area (TPSA) is 60.7 Å². The highest BCUT2D eigenvalue weighted by atomic mass is 16.5. The zero-order valence-corrected chi connectivity index (χ0v) is 26.3. The van der Waals surface area contributed by atoms with Crippen molar-refractivity contribution in [3.05, 3.63) is 48.3 Å². The summed E-state index contributed by atoms with van der Waals surface area (Å²) in [7, 11) is 1.60. The first-order valence-electron chi connectivity index (χ1n) is 16.3. The van der Waals surface area contributed by atoms with Crippen molar-refractivity contribution in [1.82, 2.24) is 5.32 Å². The molecule has 0 aliphatic carbocycles. The zero-order chi connectivity index (χ0) is 29.4. The lowest BCUT2D eigenvalue weighted by Crippen LogP contribution is -2.33. The van der Waals surface area contributed by atoms with Crippen LogP contribution in [0.2, 0.25) is 0 Å². The van der Waals surface area contributed by atoms with Crippen molar-refractivity contribution in [2.45, 2.75) is 123 Å². The van der Waals surface area contributed by atoms with E-state index in [1.54, 1.807) is 7.11 Å². The van der Waals surface area contributed by atoms with E-state index in [1.165, 1.54) is 89.0 Å². The van der Waals surface area contributed by atoms with Gasteiger partial charge in [-0.05, 0) is 30.5 Å². The second-order valence-electron chi connectivity index (χ2n) is 11.1. The smallest absolute Gasteiger partial charge is 0.257 e. The molecule has 1 heterocycles. The normalized spacial score (nSPS) is 10.9. The van der Waals surface area contributed by atoms with Crippen LogP contribution >= 0.6 is 0 Å². The molecule has 230 valence electrons. The Balaban J connectivity index is 1.52. The molecule has 0 unspecified atom stereocenters. The Hall–Kier alpha value is -2.76. The van der Waals surface area contributed by atoms with Crippen LogP contribution in [-0.2, 0) is 17.8 Å². The van der Waals surface area contributed by atoms with Gasteiger partial charge in [-0.3, -0.25) is 4.79 Å². The summed E-state index contributed by atoms with van der Waals surface area (Å²) >= 11 is 0. The largest absolute Gasteiger partial charge is 0.493 e. The summed E-state index contributed by atoms with van der Waals surface area (Å²) in [5.74, 6) is 1.72. The van der Waals surface area contributed by atoms with Gasteiger partial charge in [-0.25, -0.2) is 4.57 Å². The summed E-state index contributed by atoms with van der Waals surface area (Å²) < 4.78 is 19.3. The number of amides is 1. The van der Waals surface area contributed by atoms with Crippen molar-refractivity contribution in [1.29, 1.82) is 0 Å². The van der Waals surface area contributed by atoms with Crippen LogP contribution < -0.4 is 24.1 Å². The SMILES string of the molecule is CCCCCCCCCCCCCCCCOc1ccc(OCC(=O)NCCc2cc[n+](CCC)cc2)c(OC)c1. The molecule has 2 rings (SSSR count). The number of pyridine rings is 1. The Labute approximate surface area is 250 Å². The van der Waals surface area contributed by atoms with Gasteiger partial charge in [-0.15, -0.1) is 0 Å². The second-order valence-corrected chi connectivity index (χ2v) is 11.1. The number of nitrogens with zero attached hydrogens (tertiary/aromatic N) is 1. The van der Waals surface area contributed by atoms with Crippen LogP contribution in [0.25, 0.3) is 0 Å². The van der Waals surface area contributed by atoms with Crippen molar-refractivity contribution >= 4 is 5.91 Å². The number of methoxy groups -OCH3 is 1. The molecular weight excluding hydrogens is 512 g/mol. The van der Waals surface area contributed by atoms with Crippen LogP contribution in [0, 0.1) is 0 Å². The van der Waals surface area contributed by atoms with Crippen LogP contribution in [0.5, 0.6) is 17.2 Å². The number of ether oxygens (including phenoxy) is 3. The molecule has 1 N–H and O–H groups in total. The third-order valence-electron chi connectivity index (χ3n) is 7.44. The molecule has 1 aromatic heterocycles. The van der Waals surface area contributed by atoms with E-state index < -0.39 is 0 Å². The van der Waals surface area contributed by atoms with E-state index in [1.807, 2.05) is 18.2 Å². The molecule has 0 bridgehead atoms. The Morgan fingerprint density at radius 1 is 0.732 bits per heavy atom. The summed E-state index contributed by atoms with van der Waals surface area (Å²) in [6.07, 6.45) is 24.9. The average Bonchev–Trinajstić information content (AvgIpc) is 2.99. The molecule has 1 amide bonds. The first kappa shape index (κ1) is 34.4. The van der Waals surface area contributed by atoms with Crippen LogP contribution in [0.15, 0.2) is 42.7 Å². The molecule has 6 heteroatoms. The highest BCUT2D eigenvalue weighted by Crippen LogP contribution is 2.31. The molecule has 0 radical (unpaired) electrons. The minimum absolute atomic E-state index is 0.0547. The maximum atomic E-state index is 12.3. The fourth-order valence-corrected chi connectivity index (χ4v) is 4.95. The van der Waals surface area contributed by atoms with Gasteiger partial charge in [-0.2, -0.15) is 0 Å². The maximum absolute atomic E-state index is 12.3. The molecule has 0 aliphatic heterocycles. The molecule has 2 aromatic rings.